The Kier molecular flexibility index (Phi) is 5.22. The molecule has 0 unspecified atom stereocenters. The fraction of sp³-hybridized carbons (Fsp3) is 0.188. The number of hydrogen-bond donors (Lipinski definition) is 2. The Morgan fingerprint density at radius 2 is 1.90 bits per heavy atom. The number of nitrogens with zero attached hydrogens (tertiary/aromatic N) is 2. The molecule has 2 aromatic rings. The van der Waals surface area contributed by atoms with Crippen molar-refractivity contribution in [3.63, 3.8) is 0 Å². The summed E-state index contributed by atoms with van der Waals surface area (Å²) in [6.07, 6.45) is 0.930. The van der Waals surface area contributed by atoms with Gasteiger partial charge in [0.05, 0.1) is 5.56 Å². The first kappa shape index (κ1) is 15.4. The Bertz CT molecular complexity index is 629. The highest BCUT2D eigenvalue weighted by Gasteiger charge is 2.14. The molecular formula is C16H18BrN3O. The van der Waals surface area contributed by atoms with Crippen molar-refractivity contribution in [1.29, 1.82) is 0 Å². The minimum absolute atomic E-state index is 0.101. The smallest absolute Gasteiger partial charge is 0.173 e. The van der Waals surface area contributed by atoms with Crippen molar-refractivity contribution in [2.45, 2.75) is 6.42 Å². The molecule has 0 aliphatic rings. The van der Waals surface area contributed by atoms with Crippen molar-refractivity contribution in [1.82, 2.24) is 0 Å². The van der Waals surface area contributed by atoms with Crippen LogP contribution in [0.25, 0.3) is 0 Å². The largest absolute Gasteiger partial charge is 0.409 e. The van der Waals surface area contributed by atoms with Crippen molar-refractivity contribution in [2.24, 2.45) is 10.9 Å². The van der Waals surface area contributed by atoms with E-state index in [0.717, 1.165) is 23.1 Å². The lowest BCUT2D eigenvalue weighted by Crippen LogP contribution is -2.25. The highest BCUT2D eigenvalue weighted by Crippen LogP contribution is 2.27. The molecule has 5 heteroatoms. The molecule has 0 aromatic heterocycles. The van der Waals surface area contributed by atoms with E-state index in [-0.39, 0.29) is 5.84 Å². The number of halogens is 1. The van der Waals surface area contributed by atoms with Crippen LogP contribution in [0.15, 0.2) is 58.2 Å². The van der Waals surface area contributed by atoms with E-state index >= 15 is 0 Å². The zero-order valence-electron chi connectivity index (χ0n) is 11.8. The third-order valence-electron chi connectivity index (χ3n) is 3.35. The fourth-order valence-corrected chi connectivity index (χ4v) is 2.76. The first-order valence-electron chi connectivity index (χ1n) is 6.65. The molecule has 0 aliphatic heterocycles. The molecule has 0 atom stereocenters. The van der Waals surface area contributed by atoms with E-state index < -0.39 is 0 Å². The average molecular weight is 348 g/mol. The van der Waals surface area contributed by atoms with E-state index in [2.05, 4.69) is 38.1 Å². The summed E-state index contributed by atoms with van der Waals surface area (Å²) in [4.78, 5) is 2.10. The lowest BCUT2D eigenvalue weighted by Gasteiger charge is -2.23. The topological polar surface area (TPSA) is 61.8 Å². The minimum atomic E-state index is 0.101. The van der Waals surface area contributed by atoms with E-state index in [0.29, 0.717) is 5.56 Å². The molecule has 0 aliphatic carbocycles. The van der Waals surface area contributed by atoms with Crippen LogP contribution in [0.1, 0.15) is 11.1 Å². The Morgan fingerprint density at radius 1 is 1.19 bits per heavy atom. The first-order valence-corrected chi connectivity index (χ1v) is 7.44. The molecule has 0 heterocycles. The second-order valence-corrected chi connectivity index (χ2v) is 5.63. The Labute approximate surface area is 133 Å². The molecule has 21 heavy (non-hydrogen) atoms. The molecule has 0 bridgehead atoms. The van der Waals surface area contributed by atoms with Gasteiger partial charge in [0.1, 0.15) is 0 Å². The van der Waals surface area contributed by atoms with Crippen LogP contribution in [0.2, 0.25) is 0 Å². The van der Waals surface area contributed by atoms with Crippen LogP contribution in [-0.4, -0.2) is 24.6 Å². The minimum Gasteiger partial charge on any atom is -0.409 e. The average Bonchev–Trinajstić information content (AvgIpc) is 2.52. The van der Waals surface area contributed by atoms with E-state index in [9.17, 15) is 0 Å². The quantitative estimate of drug-likeness (QED) is 0.377. The number of rotatable bonds is 5. The summed E-state index contributed by atoms with van der Waals surface area (Å²) in [5.41, 5.74) is 8.70. The molecular weight excluding hydrogens is 330 g/mol. The monoisotopic (exact) mass is 347 g/mol. The van der Waals surface area contributed by atoms with Crippen molar-refractivity contribution < 1.29 is 5.21 Å². The Morgan fingerprint density at radius 3 is 2.57 bits per heavy atom. The first-order chi connectivity index (χ1) is 10.1. The van der Waals surface area contributed by atoms with Gasteiger partial charge in [-0.2, -0.15) is 0 Å². The maximum absolute atomic E-state index is 8.95. The van der Waals surface area contributed by atoms with Crippen LogP contribution in [0.5, 0.6) is 0 Å². The lowest BCUT2D eigenvalue weighted by molar-refractivity contribution is 0.318. The van der Waals surface area contributed by atoms with Gasteiger partial charge < -0.3 is 15.8 Å². The van der Waals surface area contributed by atoms with Gasteiger partial charge in [-0.05, 0) is 40.0 Å². The van der Waals surface area contributed by atoms with Crippen LogP contribution >= 0.6 is 15.9 Å². The highest BCUT2D eigenvalue weighted by molar-refractivity contribution is 9.10. The highest BCUT2D eigenvalue weighted by atomic mass is 79.9. The Balaban J connectivity index is 2.19. The van der Waals surface area contributed by atoms with Crippen molar-refractivity contribution in [3.8, 4) is 0 Å². The predicted octanol–water partition coefficient (Wildman–Crippen LogP) is 3.22. The van der Waals surface area contributed by atoms with E-state index in [1.807, 2.05) is 43.4 Å². The van der Waals surface area contributed by atoms with Crippen LogP contribution in [-0.2, 0) is 6.42 Å². The lowest BCUT2D eigenvalue weighted by atomic mass is 10.1. The summed E-state index contributed by atoms with van der Waals surface area (Å²) < 4.78 is 0.807. The maximum atomic E-state index is 8.95. The van der Waals surface area contributed by atoms with Crippen molar-refractivity contribution in [2.75, 3.05) is 18.5 Å². The molecule has 110 valence electrons. The van der Waals surface area contributed by atoms with Crippen LogP contribution < -0.4 is 10.6 Å². The molecule has 2 rings (SSSR count). The van der Waals surface area contributed by atoms with Gasteiger partial charge in [0.2, 0.25) is 0 Å². The normalized spacial score (nSPS) is 11.4. The summed E-state index contributed by atoms with van der Waals surface area (Å²) >= 11 is 3.45. The van der Waals surface area contributed by atoms with Crippen molar-refractivity contribution >= 4 is 27.5 Å². The van der Waals surface area contributed by atoms with Gasteiger partial charge in [0, 0.05) is 23.8 Å². The molecule has 2 aromatic carbocycles. The summed E-state index contributed by atoms with van der Waals surface area (Å²) in [6.45, 7) is 0.839. The fourth-order valence-electron chi connectivity index (χ4n) is 2.20. The SMILES string of the molecule is CN(CCc1ccccc1)c1cccc(Br)c1/C(N)=N/O. The number of benzene rings is 2. The van der Waals surface area contributed by atoms with Gasteiger partial charge in [0.15, 0.2) is 5.84 Å². The number of likely N-dealkylation sites (N-methyl/N-ethyl adjacent to an activating group) is 1. The molecule has 3 N–H and O–H groups in total. The molecule has 4 nitrogen and oxygen atoms in total. The zero-order chi connectivity index (χ0) is 15.2. The van der Waals surface area contributed by atoms with Gasteiger partial charge in [-0.3, -0.25) is 0 Å². The summed E-state index contributed by atoms with van der Waals surface area (Å²) in [6, 6.07) is 16.1. The van der Waals surface area contributed by atoms with Gasteiger partial charge >= 0.3 is 0 Å². The van der Waals surface area contributed by atoms with Gasteiger partial charge in [-0.25, -0.2) is 0 Å². The summed E-state index contributed by atoms with van der Waals surface area (Å²) in [5, 5.41) is 12.1. The number of nitrogens with two attached hydrogens (primary N) is 1. The van der Waals surface area contributed by atoms with E-state index in [1.165, 1.54) is 5.56 Å². The number of amidine groups is 1. The maximum Gasteiger partial charge on any atom is 0.173 e. The van der Waals surface area contributed by atoms with Gasteiger partial charge in [-0.15, -0.1) is 0 Å². The van der Waals surface area contributed by atoms with Gasteiger partial charge in [0.25, 0.3) is 0 Å². The second-order valence-electron chi connectivity index (χ2n) is 4.78. The summed E-state index contributed by atoms with van der Waals surface area (Å²) in [5.74, 6) is 0.101. The van der Waals surface area contributed by atoms with Gasteiger partial charge in [-0.1, -0.05) is 41.6 Å². The third-order valence-corrected chi connectivity index (χ3v) is 4.01. The molecule has 0 radical (unpaired) electrons. The summed E-state index contributed by atoms with van der Waals surface area (Å²) in [7, 11) is 2.00. The molecule has 0 fully saturated rings. The van der Waals surface area contributed by atoms with E-state index in [1.54, 1.807) is 0 Å². The van der Waals surface area contributed by atoms with Crippen LogP contribution in [0, 0.1) is 0 Å². The van der Waals surface area contributed by atoms with E-state index in [4.69, 9.17) is 10.9 Å². The predicted molar refractivity (Wildman–Crippen MR) is 90.1 cm³/mol. The van der Waals surface area contributed by atoms with Crippen LogP contribution in [0.3, 0.4) is 0 Å². The van der Waals surface area contributed by atoms with Crippen molar-refractivity contribution in [3.05, 3.63) is 64.1 Å². The molecule has 0 saturated carbocycles. The molecule has 0 saturated heterocycles. The number of anilines is 1. The molecule has 0 amide bonds. The number of oxime groups is 1. The standard InChI is InChI=1S/C16H18BrN3O/c1-20(11-10-12-6-3-2-4-7-12)14-9-5-8-13(17)15(14)16(18)19-21/h2-9,21H,10-11H2,1H3,(H2,18,19). The second kappa shape index (κ2) is 7.13. The molecule has 0 spiro atoms. The van der Waals surface area contributed by atoms with Crippen LogP contribution in [0.4, 0.5) is 5.69 Å². The number of hydrogen-bond acceptors (Lipinski definition) is 3. The Hall–Kier alpha value is -2.01. The third kappa shape index (κ3) is 3.76. The zero-order valence-corrected chi connectivity index (χ0v) is 13.4.